The van der Waals surface area contributed by atoms with Gasteiger partial charge in [0.1, 0.15) is 17.8 Å². The number of hydrogen-bond acceptors (Lipinski definition) is 8. The van der Waals surface area contributed by atoms with Gasteiger partial charge in [-0.2, -0.15) is 0 Å². The highest BCUT2D eigenvalue weighted by molar-refractivity contribution is 6.00. The van der Waals surface area contributed by atoms with E-state index in [-0.39, 0.29) is 13.0 Å². The summed E-state index contributed by atoms with van der Waals surface area (Å²) in [4.78, 5) is 64.9. The molecule has 0 aliphatic rings. The van der Waals surface area contributed by atoms with Gasteiger partial charge in [0.15, 0.2) is 11.7 Å². The molecule has 1 unspecified atom stereocenters. The molecule has 0 heterocycles. The highest BCUT2D eigenvalue weighted by atomic mass is 16.6. The number of carboxylic acid groups (broad SMARTS) is 1. The van der Waals surface area contributed by atoms with Crippen LogP contribution in [0.25, 0.3) is 0 Å². The van der Waals surface area contributed by atoms with Gasteiger partial charge in [0.05, 0.1) is 12.0 Å². The van der Waals surface area contributed by atoms with E-state index in [0.717, 1.165) is 0 Å². The first-order chi connectivity index (χ1) is 19.1. The summed E-state index contributed by atoms with van der Waals surface area (Å²) in [6.45, 7) is 9.46. The zero-order valence-corrected chi connectivity index (χ0v) is 24.3. The first-order valence-electron chi connectivity index (χ1n) is 13.3. The van der Waals surface area contributed by atoms with Crippen LogP contribution < -0.4 is 5.32 Å². The molecule has 41 heavy (non-hydrogen) atoms. The summed E-state index contributed by atoms with van der Waals surface area (Å²) in [6, 6.07) is 16.3. The minimum Gasteiger partial charge on any atom is -0.481 e. The average Bonchev–Trinajstić information content (AvgIpc) is 2.85. The van der Waals surface area contributed by atoms with E-state index >= 15 is 0 Å². The largest absolute Gasteiger partial charge is 0.481 e. The van der Waals surface area contributed by atoms with Crippen molar-refractivity contribution in [3.63, 3.8) is 0 Å². The molecular formula is C31H39NO9. The van der Waals surface area contributed by atoms with Crippen molar-refractivity contribution >= 4 is 29.8 Å². The first-order valence-corrected chi connectivity index (χ1v) is 13.3. The predicted molar refractivity (Wildman–Crippen MR) is 150 cm³/mol. The van der Waals surface area contributed by atoms with E-state index < -0.39 is 65.3 Å². The number of ether oxygens (including phenoxy) is 3. The van der Waals surface area contributed by atoms with E-state index in [9.17, 15) is 29.1 Å². The molecule has 0 radical (unpaired) electrons. The van der Waals surface area contributed by atoms with Gasteiger partial charge < -0.3 is 24.6 Å². The minimum absolute atomic E-state index is 0.0366. The van der Waals surface area contributed by atoms with Crippen molar-refractivity contribution in [2.24, 2.45) is 11.8 Å². The molecule has 2 aromatic rings. The zero-order chi connectivity index (χ0) is 30.8. The Bertz CT molecular complexity index is 1200. The van der Waals surface area contributed by atoms with Crippen LogP contribution in [-0.4, -0.2) is 52.1 Å². The number of rotatable bonds is 12. The molecule has 1 amide bonds. The Morgan fingerprint density at radius 1 is 0.756 bits per heavy atom. The number of carboxylic acids is 1. The molecule has 2 N–H and O–H groups in total. The molecule has 10 nitrogen and oxygen atoms in total. The summed E-state index contributed by atoms with van der Waals surface area (Å²) >= 11 is 0. The minimum atomic E-state index is -2.03. The average molecular weight is 570 g/mol. The second-order valence-corrected chi connectivity index (χ2v) is 11.6. The van der Waals surface area contributed by atoms with Gasteiger partial charge in [-0.25, -0.2) is 4.79 Å². The van der Waals surface area contributed by atoms with Crippen molar-refractivity contribution in [1.29, 1.82) is 0 Å². The number of benzene rings is 2. The van der Waals surface area contributed by atoms with Crippen molar-refractivity contribution in [2.75, 3.05) is 0 Å². The summed E-state index contributed by atoms with van der Waals surface area (Å²) in [6.07, 6.45) is -1.54. The fourth-order valence-electron chi connectivity index (χ4n) is 3.88. The smallest absolute Gasteiger partial charge is 0.408 e. The number of ketones is 1. The third kappa shape index (κ3) is 11.8. The van der Waals surface area contributed by atoms with Gasteiger partial charge in [-0.1, -0.05) is 60.7 Å². The van der Waals surface area contributed by atoms with Gasteiger partial charge in [-0.3, -0.25) is 19.2 Å². The van der Waals surface area contributed by atoms with Crippen molar-refractivity contribution in [3.05, 3.63) is 71.8 Å². The molecule has 3 atom stereocenters. The van der Waals surface area contributed by atoms with Crippen LogP contribution in [0.3, 0.4) is 0 Å². The number of esters is 2. The van der Waals surface area contributed by atoms with Crippen LogP contribution in [0.2, 0.25) is 0 Å². The van der Waals surface area contributed by atoms with Crippen LogP contribution in [0.5, 0.6) is 0 Å². The van der Waals surface area contributed by atoms with Gasteiger partial charge in [0.2, 0.25) is 0 Å². The zero-order valence-electron chi connectivity index (χ0n) is 24.3. The van der Waals surface area contributed by atoms with E-state index in [1.807, 2.05) is 0 Å². The molecule has 0 saturated heterocycles. The monoisotopic (exact) mass is 569 g/mol. The van der Waals surface area contributed by atoms with Gasteiger partial charge in [-0.15, -0.1) is 0 Å². The van der Waals surface area contributed by atoms with E-state index in [2.05, 4.69) is 5.32 Å². The van der Waals surface area contributed by atoms with Gasteiger partial charge in [0.25, 0.3) is 0 Å². The van der Waals surface area contributed by atoms with E-state index in [4.69, 9.17) is 14.2 Å². The maximum Gasteiger partial charge on any atom is 0.408 e. The predicted octanol–water partition coefficient (Wildman–Crippen LogP) is 4.48. The van der Waals surface area contributed by atoms with Crippen molar-refractivity contribution in [3.8, 4) is 0 Å². The third-order valence-corrected chi connectivity index (χ3v) is 5.64. The Morgan fingerprint density at radius 2 is 1.27 bits per heavy atom. The van der Waals surface area contributed by atoms with Crippen LogP contribution in [-0.2, 0) is 46.4 Å². The molecule has 0 spiro atoms. The van der Waals surface area contributed by atoms with E-state index in [1.165, 1.54) is 0 Å². The number of aliphatic carboxylic acids is 1. The summed E-state index contributed by atoms with van der Waals surface area (Å²) in [7, 11) is 0. The third-order valence-electron chi connectivity index (χ3n) is 5.64. The molecule has 0 bridgehead atoms. The van der Waals surface area contributed by atoms with Crippen LogP contribution >= 0.6 is 0 Å². The Kier molecular flexibility index (Phi) is 11.6. The molecule has 0 fully saturated rings. The number of carbonyl (C=O) groups is 5. The number of Topliss-reactive ketones (excluding diaryl/α,β-unsaturated/α-hetero) is 1. The fraction of sp³-hybridized carbons (Fsp3) is 0.452. The number of hydrogen-bond donors (Lipinski definition) is 2. The van der Waals surface area contributed by atoms with E-state index in [0.29, 0.717) is 11.1 Å². The second-order valence-electron chi connectivity index (χ2n) is 11.6. The lowest BCUT2D eigenvalue weighted by atomic mass is 9.85. The lowest BCUT2D eigenvalue weighted by molar-refractivity contribution is -0.176. The van der Waals surface area contributed by atoms with Crippen molar-refractivity contribution < 1.29 is 43.3 Å². The number of amides is 1. The van der Waals surface area contributed by atoms with Crippen molar-refractivity contribution in [1.82, 2.24) is 5.32 Å². The lowest BCUT2D eigenvalue weighted by Gasteiger charge is -2.27. The maximum atomic E-state index is 13.6. The van der Waals surface area contributed by atoms with Gasteiger partial charge in [0, 0.05) is 6.42 Å². The van der Waals surface area contributed by atoms with Crippen molar-refractivity contribution in [2.45, 2.75) is 78.2 Å². The van der Waals surface area contributed by atoms with E-state index in [1.54, 1.807) is 102 Å². The van der Waals surface area contributed by atoms with Crippen LogP contribution in [0.1, 0.15) is 59.1 Å². The number of alkyl carbamates (subject to hydrolysis) is 1. The lowest BCUT2D eigenvalue weighted by Crippen LogP contribution is -2.47. The summed E-state index contributed by atoms with van der Waals surface area (Å²) < 4.78 is 16.0. The first kappa shape index (κ1) is 33.0. The molecule has 0 aromatic heterocycles. The molecular weight excluding hydrogens is 530 g/mol. The molecule has 2 aromatic carbocycles. The molecule has 0 saturated carbocycles. The standard InChI is InChI=1S/C31H39NO9/c1-30(2,3)40-28(37)25(26(34)35)22(27(36)39-19-21-15-11-8-12-16-21)18-24(33)23(17-20-13-9-7-10-14-20)32-29(38)41-31(4,5)6/h7-16,22-23,25H,17-19H2,1-6H3,(H,32,38)(H,34,35)/t22-,23-,25?/m0/s1. The molecule has 2 rings (SSSR count). The van der Waals surface area contributed by atoms with Gasteiger partial charge in [-0.05, 0) is 59.1 Å². The normalized spacial score (nSPS) is 13.7. The van der Waals surface area contributed by atoms with Crippen LogP contribution in [0.15, 0.2) is 60.7 Å². The summed E-state index contributed by atoms with van der Waals surface area (Å²) in [5.41, 5.74) is -0.573. The number of nitrogens with one attached hydrogen (secondary N) is 1. The Morgan fingerprint density at radius 3 is 1.76 bits per heavy atom. The molecule has 10 heteroatoms. The summed E-state index contributed by atoms with van der Waals surface area (Å²) in [5, 5.41) is 12.5. The Hall–Kier alpha value is -4.21. The highest BCUT2D eigenvalue weighted by Crippen LogP contribution is 2.25. The fourth-order valence-corrected chi connectivity index (χ4v) is 3.88. The van der Waals surface area contributed by atoms with Gasteiger partial charge >= 0.3 is 24.0 Å². The molecule has 0 aliphatic heterocycles. The second kappa shape index (κ2) is 14.4. The summed E-state index contributed by atoms with van der Waals surface area (Å²) in [5.74, 6) is -8.32. The highest BCUT2D eigenvalue weighted by Gasteiger charge is 2.45. The Balaban J connectivity index is 2.40. The SMILES string of the molecule is CC(C)(C)OC(=O)N[C@@H](Cc1ccccc1)C(=O)C[C@H](C(=O)OCc1ccccc1)C(C(=O)O)C(=O)OC(C)(C)C. The number of carbonyl (C=O) groups excluding carboxylic acids is 4. The Labute approximate surface area is 240 Å². The topological polar surface area (TPSA) is 145 Å². The quantitative estimate of drug-likeness (QED) is 0.215. The van der Waals surface area contributed by atoms with Crippen LogP contribution in [0.4, 0.5) is 4.79 Å². The molecule has 222 valence electrons. The maximum absolute atomic E-state index is 13.6. The van der Waals surface area contributed by atoms with Crippen LogP contribution in [0, 0.1) is 11.8 Å². The molecule has 0 aliphatic carbocycles.